The van der Waals surface area contributed by atoms with Gasteiger partial charge in [0.25, 0.3) is 0 Å². The molecule has 0 aliphatic carbocycles. The van der Waals surface area contributed by atoms with Crippen LogP contribution in [0.15, 0.2) is 30.3 Å². The number of ether oxygens (including phenoxy) is 1. The van der Waals surface area contributed by atoms with Crippen LogP contribution in [-0.4, -0.2) is 18.9 Å². The molecule has 2 N–H and O–H groups in total. The van der Waals surface area contributed by atoms with Crippen LogP contribution in [0.3, 0.4) is 0 Å². The highest BCUT2D eigenvalue weighted by Crippen LogP contribution is 2.28. The molecule has 0 aromatic heterocycles. The molecule has 1 aromatic carbocycles. The summed E-state index contributed by atoms with van der Waals surface area (Å²) >= 11 is 0. The minimum absolute atomic E-state index is 0.0256. The number of benzene rings is 1. The van der Waals surface area contributed by atoms with Crippen molar-refractivity contribution in [3.63, 3.8) is 0 Å². The lowest BCUT2D eigenvalue weighted by molar-refractivity contribution is -0.148. The Bertz CT molecular complexity index is 398. The predicted octanol–water partition coefficient (Wildman–Crippen LogP) is 2.74. The normalized spacial score (nSPS) is 14.2. The van der Waals surface area contributed by atoms with E-state index in [1.807, 2.05) is 30.3 Å². The first-order chi connectivity index (χ1) is 8.95. The standard InChI is InChI=1S/C14H19F2NO2/c1-14(10-17,7-12(15)16)8-13(18)19-9-11-5-3-2-4-6-11/h2-6,12H,7-10,17H2,1H3. The van der Waals surface area contributed by atoms with Crippen molar-refractivity contribution in [2.45, 2.75) is 32.8 Å². The Hall–Kier alpha value is -1.49. The summed E-state index contributed by atoms with van der Waals surface area (Å²) in [4.78, 5) is 11.6. The van der Waals surface area contributed by atoms with Gasteiger partial charge in [-0.05, 0) is 17.5 Å². The van der Waals surface area contributed by atoms with Crippen LogP contribution in [0.4, 0.5) is 8.78 Å². The molecular formula is C14H19F2NO2. The van der Waals surface area contributed by atoms with E-state index in [9.17, 15) is 13.6 Å². The fourth-order valence-corrected chi connectivity index (χ4v) is 1.74. The largest absolute Gasteiger partial charge is 0.461 e. The van der Waals surface area contributed by atoms with E-state index in [0.717, 1.165) is 5.56 Å². The number of esters is 1. The average Bonchev–Trinajstić information content (AvgIpc) is 2.36. The maximum absolute atomic E-state index is 12.4. The predicted molar refractivity (Wildman–Crippen MR) is 68.6 cm³/mol. The average molecular weight is 271 g/mol. The molecule has 0 amide bonds. The van der Waals surface area contributed by atoms with Crippen LogP contribution in [0.25, 0.3) is 0 Å². The minimum atomic E-state index is -2.48. The smallest absolute Gasteiger partial charge is 0.306 e. The van der Waals surface area contributed by atoms with E-state index in [4.69, 9.17) is 10.5 Å². The Kier molecular flexibility index (Phi) is 5.89. The van der Waals surface area contributed by atoms with Gasteiger partial charge in [-0.15, -0.1) is 0 Å². The summed E-state index contributed by atoms with van der Waals surface area (Å²) in [5.74, 6) is -0.502. The third-order valence-electron chi connectivity index (χ3n) is 2.95. The summed E-state index contributed by atoms with van der Waals surface area (Å²) in [5, 5.41) is 0. The highest BCUT2D eigenvalue weighted by molar-refractivity contribution is 5.70. The number of nitrogens with two attached hydrogens (primary N) is 1. The quantitative estimate of drug-likeness (QED) is 0.776. The van der Waals surface area contributed by atoms with E-state index < -0.39 is 24.2 Å². The molecule has 0 aliphatic heterocycles. The summed E-state index contributed by atoms with van der Waals surface area (Å²) in [5.41, 5.74) is 5.42. The molecule has 0 bridgehead atoms. The SMILES string of the molecule is CC(CN)(CC(=O)OCc1ccccc1)CC(F)F. The van der Waals surface area contributed by atoms with Crippen LogP contribution in [0.2, 0.25) is 0 Å². The molecule has 106 valence electrons. The van der Waals surface area contributed by atoms with Crippen LogP contribution in [0.5, 0.6) is 0 Å². The second kappa shape index (κ2) is 7.19. The molecule has 0 saturated heterocycles. The van der Waals surface area contributed by atoms with E-state index >= 15 is 0 Å². The van der Waals surface area contributed by atoms with E-state index in [1.165, 1.54) is 0 Å². The van der Waals surface area contributed by atoms with E-state index in [-0.39, 0.29) is 19.6 Å². The molecule has 5 heteroatoms. The Balaban J connectivity index is 2.45. The minimum Gasteiger partial charge on any atom is -0.461 e. The van der Waals surface area contributed by atoms with Crippen molar-refractivity contribution in [2.75, 3.05) is 6.54 Å². The van der Waals surface area contributed by atoms with Crippen molar-refractivity contribution in [2.24, 2.45) is 11.1 Å². The lowest BCUT2D eigenvalue weighted by Gasteiger charge is -2.26. The van der Waals surface area contributed by atoms with Crippen molar-refractivity contribution in [1.82, 2.24) is 0 Å². The third-order valence-corrected chi connectivity index (χ3v) is 2.95. The van der Waals surface area contributed by atoms with Gasteiger partial charge in [-0.2, -0.15) is 0 Å². The molecule has 0 heterocycles. The van der Waals surface area contributed by atoms with Gasteiger partial charge in [0, 0.05) is 6.42 Å². The molecule has 1 aromatic rings. The lowest BCUT2D eigenvalue weighted by Crippen LogP contribution is -2.32. The first-order valence-electron chi connectivity index (χ1n) is 6.13. The van der Waals surface area contributed by atoms with E-state index in [2.05, 4.69) is 0 Å². The zero-order valence-corrected chi connectivity index (χ0v) is 10.9. The first-order valence-corrected chi connectivity index (χ1v) is 6.13. The number of rotatable bonds is 7. The van der Waals surface area contributed by atoms with Crippen LogP contribution >= 0.6 is 0 Å². The van der Waals surface area contributed by atoms with Gasteiger partial charge in [-0.25, -0.2) is 8.78 Å². The zero-order valence-electron chi connectivity index (χ0n) is 10.9. The van der Waals surface area contributed by atoms with Crippen molar-refractivity contribution in [3.05, 3.63) is 35.9 Å². The molecule has 19 heavy (non-hydrogen) atoms. The summed E-state index contributed by atoms with van der Waals surface area (Å²) in [6.07, 6.45) is -2.97. The second-order valence-electron chi connectivity index (χ2n) is 4.93. The Morgan fingerprint density at radius 3 is 2.53 bits per heavy atom. The van der Waals surface area contributed by atoms with Crippen molar-refractivity contribution >= 4 is 5.97 Å². The van der Waals surface area contributed by atoms with Crippen molar-refractivity contribution in [1.29, 1.82) is 0 Å². The maximum Gasteiger partial charge on any atom is 0.306 e. The third kappa shape index (κ3) is 5.79. The molecule has 0 saturated carbocycles. The first kappa shape index (κ1) is 15.6. The van der Waals surface area contributed by atoms with Gasteiger partial charge in [0.2, 0.25) is 6.43 Å². The molecule has 1 atom stereocenters. The van der Waals surface area contributed by atoms with Gasteiger partial charge in [0.15, 0.2) is 0 Å². The number of hydrogen-bond acceptors (Lipinski definition) is 3. The molecule has 1 unspecified atom stereocenters. The molecule has 3 nitrogen and oxygen atoms in total. The molecule has 0 aliphatic rings. The molecule has 1 rings (SSSR count). The summed E-state index contributed by atoms with van der Waals surface area (Å²) < 4.78 is 29.9. The molecular weight excluding hydrogens is 252 g/mol. The second-order valence-corrected chi connectivity index (χ2v) is 4.93. The fourth-order valence-electron chi connectivity index (χ4n) is 1.74. The van der Waals surface area contributed by atoms with Crippen molar-refractivity contribution in [3.8, 4) is 0 Å². The zero-order chi connectivity index (χ0) is 14.3. The monoisotopic (exact) mass is 271 g/mol. The number of carbonyl (C=O) groups is 1. The molecule has 0 fully saturated rings. The van der Waals surface area contributed by atoms with Gasteiger partial charge in [0.05, 0.1) is 6.42 Å². The lowest BCUT2D eigenvalue weighted by atomic mass is 9.83. The van der Waals surface area contributed by atoms with Crippen LogP contribution in [0, 0.1) is 5.41 Å². The summed E-state index contributed by atoms with van der Waals surface area (Å²) in [7, 11) is 0. The number of hydrogen-bond donors (Lipinski definition) is 1. The van der Waals surface area contributed by atoms with Crippen LogP contribution in [0.1, 0.15) is 25.3 Å². The number of alkyl halides is 2. The van der Waals surface area contributed by atoms with Gasteiger partial charge >= 0.3 is 5.97 Å². The van der Waals surface area contributed by atoms with E-state index in [1.54, 1.807) is 6.92 Å². The van der Waals surface area contributed by atoms with E-state index in [0.29, 0.717) is 0 Å². The van der Waals surface area contributed by atoms with Gasteiger partial charge in [-0.3, -0.25) is 4.79 Å². The van der Waals surface area contributed by atoms with Gasteiger partial charge < -0.3 is 10.5 Å². The Morgan fingerprint density at radius 1 is 1.37 bits per heavy atom. The molecule has 0 spiro atoms. The highest BCUT2D eigenvalue weighted by atomic mass is 19.3. The van der Waals surface area contributed by atoms with Crippen LogP contribution < -0.4 is 5.73 Å². The molecule has 0 radical (unpaired) electrons. The summed E-state index contributed by atoms with van der Waals surface area (Å²) in [6.45, 7) is 1.75. The summed E-state index contributed by atoms with van der Waals surface area (Å²) in [6, 6.07) is 9.19. The Morgan fingerprint density at radius 2 is 2.00 bits per heavy atom. The number of carbonyl (C=O) groups excluding carboxylic acids is 1. The van der Waals surface area contributed by atoms with Crippen LogP contribution in [-0.2, 0) is 16.1 Å². The van der Waals surface area contributed by atoms with Crippen molar-refractivity contribution < 1.29 is 18.3 Å². The topological polar surface area (TPSA) is 52.3 Å². The highest BCUT2D eigenvalue weighted by Gasteiger charge is 2.30. The van der Waals surface area contributed by atoms with Gasteiger partial charge in [-0.1, -0.05) is 37.3 Å². The fraction of sp³-hybridized carbons (Fsp3) is 0.500. The maximum atomic E-state index is 12.4. The van der Waals surface area contributed by atoms with Gasteiger partial charge in [0.1, 0.15) is 6.61 Å². The number of halogens is 2. The Labute approximate surface area is 111 Å².